The molecule has 19 heteroatoms. The summed E-state index contributed by atoms with van der Waals surface area (Å²) >= 11 is 0. The van der Waals surface area contributed by atoms with E-state index in [1.165, 1.54) is 0 Å². The largest absolute Gasteiger partial charge is 0.463 e. The molecule has 0 aliphatic carbocycles. The molecule has 0 radical (unpaired) electrons. The second kappa shape index (κ2) is 17.5. The van der Waals surface area contributed by atoms with Gasteiger partial charge in [-0.1, -0.05) is 0 Å². The van der Waals surface area contributed by atoms with Crippen LogP contribution in [-0.4, -0.2) is 122 Å². The molecule has 2 fully saturated rings. The number of hydrogen-bond donors (Lipinski definition) is 0. The predicted molar refractivity (Wildman–Crippen MR) is 145 cm³/mol. The molecule has 2 aliphatic heterocycles. The molecule has 0 saturated carbocycles. The Hall–Kier alpha value is -4.36. The van der Waals surface area contributed by atoms with Crippen LogP contribution in [0.3, 0.4) is 0 Å². The zero-order chi connectivity index (χ0) is 35.6. The van der Waals surface area contributed by atoms with E-state index in [-0.39, 0.29) is 0 Å². The van der Waals surface area contributed by atoms with E-state index in [1.54, 1.807) is 0 Å². The van der Waals surface area contributed by atoms with Gasteiger partial charge < -0.3 is 52.1 Å². The van der Waals surface area contributed by atoms with Crippen LogP contribution in [0.25, 0.3) is 0 Å². The molecule has 2 saturated heterocycles. The second-order valence-electron chi connectivity index (χ2n) is 10.3. The first-order chi connectivity index (χ1) is 21.9. The smallest absolute Gasteiger partial charge is 0.305 e. The quantitative estimate of drug-likeness (QED) is 0.181. The molecule has 0 bridgehead atoms. The van der Waals surface area contributed by atoms with E-state index in [4.69, 9.17) is 52.1 Å². The van der Waals surface area contributed by atoms with Crippen LogP contribution in [-0.2, 0) is 90.5 Å². The number of esters is 8. The first-order valence-electron chi connectivity index (χ1n) is 14.2. The molecule has 47 heavy (non-hydrogen) atoms. The highest BCUT2D eigenvalue weighted by Crippen LogP contribution is 2.35. The van der Waals surface area contributed by atoms with Gasteiger partial charge in [-0.15, -0.1) is 0 Å². The first kappa shape index (κ1) is 38.8. The number of carbonyl (C=O) groups excluding carboxylic acids is 8. The highest BCUT2D eigenvalue weighted by molar-refractivity contribution is 5.70. The molecule has 2 aliphatic rings. The lowest BCUT2D eigenvalue weighted by molar-refractivity contribution is -0.357. The van der Waals surface area contributed by atoms with Gasteiger partial charge in [0.15, 0.2) is 30.7 Å². The molecule has 10 atom stereocenters. The SMILES string of the molecule is CC(=O)OC[C@H]1O[C@@H](O[C@@H]2[C@H](OC(C)=O)[C@@H](OC(C)=O)[C@@H](OC(C)=O)O[C@@H]2COC(C)=O)[C@H](OC(C)=O)[C@@H](OC(C)=O)[C@H]1OC(C)=O. The van der Waals surface area contributed by atoms with E-state index in [0.29, 0.717) is 0 Å². The fraction of sp³-hybridized carbons (Fsp3) is 0.714. The highest BCUT2D eigenvalue weighted by Gasteiger charge is 2.58. The van der Waals surface area contributed by atoms with Crippen molar-refractivity contribution in [1.82, 2.24) is 0 Å². The van der Waals surface area contributed by atoms with Gasteiger partial charge in [0.2, 0.25) is 12.4 Å². The maximum atomic E-state index is 12.3. The van der Waals surface area contributed by atoms with Crippen LogP contribution >= 0.6 is 0 Å². The minimum absolute atomic E-state index is 0.590. The van der Waals surface area contributed by atoms with Gasteiger partial charge >= 0.3 is 47.8 Å². The maximum absolute atomic E-state index is 12.3. The molecule has 0 unspecified atom stereocenters. The third kappa shape index (κ3) is 12.1. The van der Waals surface area contributed by atoms with Crippen molar-refractivity contribution in [3.63, 3.8) is 0 Å². The van der Waals surface area contributed by atoms with Gasteiger partial charge in [-0.25, -0.2) is 0 Å². The van der Waals surface area contributed by atoms with E-state index < -0.39 is 122 Å². The minimum atomic E-state index is -1.83. The summed E-state index contributed by atoms with van der Waals surface area (Å²) in [6.07, 6.45) is -16.3. The van der Waals surface area contributed by atoms with E-state index >= 15 is 0 Å². The van der Waals surface area contributed by atoms with Crippen LogP contribution in [0.2, 0.25) is 0 Å². The fourth-order valence-electron chi connectivity index (χ4n) is 4.73. The van der Waals surface area contributed by atoms with Crippen molar-refractivity contribution in [2.24, 2.45) is 0 Å². The van der Waals surface area contributed by atoms with Crippen LogP contribution in [0.5, 0.6) is 0 Å². The lowest BCUT2D eigenvalue weighted by Gasteiger charge is -2.48. The molecule has 0 spiro atoms. The summed E-state index contributed by atoms with van der Waals surface area (Å²) in [7, 11) is 0. The van der Waals surface area contributed by atoms with E-state index in [0.717, 1.165) is 55.4 Å². The van der Waals surface area contributed by atoms with Crippen LogP contribution in [0.1, 0.15) is 55.4 Å². The Balaban J connectivity index is 2.73. The Bertz CT molecular complexity index is 1200. The van der Waals surface area contributed by atoms with E-state index in [2.05, 4.69) is 0 Å². The van der Waals surface area contributed by atoms with Crippen LogP contribution in [0, 0.1) is 0 Å². The second-order valence-corrected chi connectivity index (χ2v) is 10.3. The molecule has 0 aromatic carbocycles. The minimum Gasteiger partial charge on any atom is -0.463 e. The topological polar surface area (TPSA) is 238 Å². The number of rotatable bonds is 12. The Morgan fingerprint density at radius 1 is 0.383 bits per heavy atom. The summed E-state index contributed by atoms with van der Waals surface area (Å²) in [5.74, 6) is -7.02. The highest BCUT2D eigenvalue weighted by atomic mass is 16.8. The molecule has 0 N–H and O–H groups in total. The van der Waals surface area contributed by atoms with Gasteiger partial charge in [-0.3, -0.25) is 38.4 Å². The summed E-state index contributed by atoms with van der Waals surface area (Å²) in [5, 5.41) is 0. The average molecular weight is 679 g/mol. The van der Waals surface area contributed by atoms with Crippen molar-refractivity contribution >= 4 is 47.8 Å². The van der Waals surface area contributed by atoms with Crippen molar-refractivity contribution in [1.29, 1.82) is 0 Å². The van der Waals surface area contributed by atoms with Gasteiger partial charge in [0.25, 0.3) is 0 Å². The van der Waals surface area contributed by atoms with Gasteiger partial charge in [0, 0.05) is 55.4 Å². The summed E-state index contributed by atoms with van der Waals surface area (Å²) in [4.78, 5) is 96.3. The third-order valence-electron chi connectivity index (χ3n) is 6.17. The molecular weight excluding hydrogens is 640 g/mol. The van der Waals surface area contributed by atoms with Crippen molar-refractivity contribution in [3.8, 4) is 0 Å². The Labute approximate surface area is 268 Å². The normalized spacial score (nSPS) is 30.0. The summed E-state index contributed by atoms with van der Waals surface area (Å²) in [6.45, 7) is 7.05. The summed E-state index contributed by atoms with van der Waals surface area (Å²) in [6, 6.07) is 0. The van der Waals surface area contributed by atoms with Crippen molar-refractivity contribution in [2.75, 3.05) is 13.2 Å². The molecule has 2 rings (SSSR count). The summed E-state index contributed by atoms with van der Waals surface area (Å²) in [5.41, 5.74) is 0. The Morgan fingerprint density at radius 2 is 0.702 bits per heavy atom. The molecule has 2 heterocycles. The lowest BCUT2D eigenvalue weighted by atomic mass is 9.96. The Kier molecular flexibility index (Phi) is 14.5. The molecule has 0 aromatic heterocycles. The summed E-state index contributed by atoms with van der Waals surface area (Å²) < 4.78 is 60.2. The average Bonchev–Trinajstić information content (AvgIpc) is 2.91. The molecular formula is C28H38O19. The van der Waals surface area contributed by atoms with Crippen molar-refractivity contribution < 1.29 is 90.5 Å². The van der Waals surface area contributed by atoms with Crippen LogP contribution < -0.4 is 0 Å². The van der Waals surface area contributed by atoms with Crippen molar-refractivity contribution in [3.05, 3.63) is 0 Å². The monoisotopic (exact) mass is 678 g/mol. The number of ether oxygens (including phenoxy) is 11. The third-order valence-corrected chi connectivity index (χ3v) is 6.17. The Morgan fingerprint density at radius 3 is 1.11 bits per heavy atom. The maximum Gasteiger partial charge on any atom is 0.305 e. The van der Waals surface area contributed by atoms with Crippen LogP contribution in [0.15, 0.2) is 0 Å². The molecule has 19 nitrogen and oxygen atoms in total. The standard InChI is InChI=1S/C28H38O19/c1-11(29)37-9-19-21(39-13(3)31)23(40-14(4)32)26(43-17(7)35)28(46-19)47-22-20(10-38-12(2)30)45-27(44-18(8)36)25(42-16(6)34)24(22)41-15(5)33/h19-28H,9-10H2,1-8H3/t19-,20-,21+,22+,23+,24+,25-,26-,27+,28+/m1/s1. The van der Waals surface area contributed by atoms with Crippen LogP contribution in [0.4, 0.5) is 0 Å². The molecule has 0 aromatic rings. The van der Waals surface area contributed by atoms with Gasteiger partial charge in [0.05, 0.1) is 0 Å². The van der Waals surface area contributed by atoms with Gasteiger partial charge in [-0.2, -0.15) is 0 Å². The molecule has 264 valence electrons. The van der Waals surface area contributed by atoms with Crippen molar-refractivity contribution in [2.45, 2.75) is 117 Å². The lowest BCUT2D eigenvalue weighted by Crippen LogP contribution is -2.67. The number of carbonyl (C=O) groups is 8. The van der Waals surface area contributed by atoms with Gasteiger partial charge in [-0.05, 0) is 0 Å². The van der Waals surface area contributed by atoms with E-state index in [1.807, 2.05) is 0 Å². The zero-order valence-electron chi connectivity index (χ0n) is 26.9. The van der Waals surface area contributed by atoms with Gasteiger partial charge in [0.1, 0.15) is 31.5 Å². The van der Waals surface area contributed by atoms with E-state index in [9.17, 15) is 38.4 Å². The molecule has 0 amide bonds. The predicted octanol–water partition coefficient (Wildman–Crippen LogP) is -0.831. The first-order valence-corrected chi connectivity index (χ1v) is 14.2. The zero-order valence-corrected chi connectivity index (χ0v) is 26.9. The fourth-order valence-corrected chi connectivity index (χ4v) is 4.73. The number of hydrogen-bond acceptors (Lipinski definition) is 19.